The second-order valence-electron chi connectivity index (χ2n) is 5.07. The molecular weight excluding hydrogens is 282 g/mol. The number of furan rings is 1. The van der Waals surface area contributed by atoms with E-state index in [1.807, 2.05) is 0 Å². The van der Waals surface area contributed by atoms with Gasteiger partial charge in [0.25, 0.3) is 5.56 Å². The zero-order chi connectivity index (χ0) is 15.5. The highest BCUT2D eigenvalue weighted by Crippen LogP contribution is 2.06. The summed E-state index contributed by atoms with van der Waals surface area (Å²) in [5.41, 5.74) is 1.32. The second-order valence-corrected chi connectivity index (χ2v) is 5.07. The van der Waals surface area contributed by atoms with Crippen molar-refractivity contribution in [1.82, 2.24) is 14.5 Å². The van der Waals surface area contributed by atoms with Gasteiger partial charge in [0.05, 0.1) is 23.4 Å². The SMILES string of the molecule is CN(Cc1ccoc1)C(=O)Cn1ccc2ncccc2c1=O. The van der Waals surface area contributed by atoms with Crippen LogP contribution in [0.15, 0.2) is 58.4 Å². The lowest BCUT2D eigenvalue weighted by atomic mass is 10.2. The minimum atomic E-state index is -0.212. The zero-order valence-corrected chi connectivity index (χ0v) is 12.1. The van der Waals surface area contributed by atoms with Crippen LogP contribution in [0.2, 0.25) is 0 Å². The van der Waals surface area contributed by atoms with E-state index in [1.54, 1.807) is 61.1 Å². The first kappa shape index (κ1) is 14.1. The van der Waals surface area contributed by atoms with Crippen molar-refractivity contribution in [2.45, 2.75) is 13.1 Å². The van der Waals surface area contributed by atoms with Crippen molar-refractivity contribution < 1.29 is 9.21 Å². The number of aromatic nitrogens is 2. The Labute approximate surface area is 126 Å². The summed E-state index contributed by atoms with van der Waals surface area (Å²) < 4.78 is 6.38. The van der Waals surface area contributed by atoms with E-state index in [2.05, 4.69) is 4.98 Å². The van der Waals surface area contributed by atoms with Crippen molar-refractivity contribution in [3.8, 4) is 0 Å². The molecule has 3 rings (SSSR count). The molecule has 0 fully saturated rings. The number of rotatable bonds is 4. The van der Waals surface area contributed by atoms with Crippen LogP contribution in [0.1, 0.15) is 5.56 Å². The fourth-order valence-corrected chi connectivity index (χ4v) is 2.25. The quantitative estimate of drug-likeness (QED) is 0.734. The van der Waals surface area contributed by atoms with Crippen LogP contribution in [-0.4, -0.2) is 27.4 Å². The maximum Gasteiger partial charge on any atom is 0.260 e. The van der Waals surface area contributed by atoms with Gasteiger partial charge in [-0.15, -0.1) is 0 Å². The molecule has 0 atom stereocenters. The Kier molecular flexibility index (Phi) is 3.74. The minimum absolute atomic E-state index is 0.00197. The Balaban J connectivity index is 1.79. The van der Waals surface area contributed by atoms with E-state index >= 15 is 0 Å². The fourth-order valence-electron chi connectivity index (χ4n) is 2.25. The largest absolute Gasteiger partial charge is 0.472 e. The minimum Gasteiger partial charge on any atom is -0.472 e. The number of hydrogen-bond donors (Lipinski definition) is 0. The molecule has 0 saturated heterocycles. The van der Waals surface area contributed by atoms with Gasteiger partial charge in [0, 0.05) is 31.5 Å². The van der Waals surface area contributed by atoms with E-state index in [1.165, 1.54) is 4.57 Å². The Morgan fingerprint density at radius 2 is 2.23 bits per heavy atom. The summed E-state index contributed by atoms with van der Waals surface area (Å²) in [7, 11) is 1.70. The predicted octanol–water partition coefficient (Wildman–Crippen LogP) is 1.65. The summed E-state index contributed by atoms with van der Waals surface area (Å²) >= 11 is 0. The molecular formula is C16H15N3O3. The maximum atomic E-state index is 12.3. The third kappa shape index (κ3) is 2.76. The molecule has 3 heterocycles. The Hall–Kier alpha value is -2.89. The highest BCUT2D eigenvalue weighted by Gasteiger charge is 2.12. The molecule has 0 unspecified atom stereocenters. The van der Waals surface area contributed by atoms with E-state index in [9.17, 15) is 9.59 Å². The van der Waals surface area contributed by atoms with Crippen LogP contribution in [0.4, 0.5) is 0 Å². The van der Waals surface area contributed by atoms with Crippen molar-refractivity contribution in [1.29, 1.82) is 0 Å². The molecule has 0 bridgehead atoms. The molecule has 112 valence electrons. The second kappa shape index (κ2) is 5.85. The van der Waals surface area contributed by atoms with Crippen LogP contribution in [-0.2, 0) is 17.9 Å². The molecule has 0 aliphatic rings. The van der Waals surface area contributed by atoms with E-state index in [4.69, 9.17) is 4.42 Å². The number of fused-ring (bicyclic) bond motifs is 1. The Bertz CT molecular complexity index is 852. The first-order valence-corrected chi connectivity index (χ1v) is 6.84. The summed E-state index contributed by atoms with van der Waals surface area (Å²) in [4.78, 5) is 30.3. The maximum absolute atomic E-state index is 12.3. The fraction of sp³-hybridized carbons (Fsp3) is 0.188. The Morgan fingerprint density at radius 1 is 1.36 bits per heavy atom. The molecule has 1 amide bonds. The predicted molar refractivity (Wildman–Crippen MR) is 81.2 cm³/mol. The van der Waals surface area contributed by atoms with Crippen LogP contribution in [0, 0.1) is 0 Å². The van der Waals surface area contributed by atoms with Crippen LogP contribution in [0.3, 0.4) is 0 Å². The van der Waals surface area contributed by atoms with Crippen molar-refractivity contribution in [3.05, 3.63) is 65.1 Å². The molecule has 6 heteroatoms. The number of carbonyl (C=O) groups excluding carboxylic acids is 1. The molecule has 0 aliphatic heterocycles. The van der Waals surface area contributed by atoms with Gasteiger partial charge in [-0.2, -0.15) is 0 Å². The molecule has 0 spiro atoms. The summed E-state index contributed by atoms with van der Waals surface area (Å²) in [5, 5.41) is 0.510. The number of likely N-dealkylation sites (N-methyl/N-ethyl adjacent to an activating group) is 1. The van der Waals surface area contributed by atoms with Crippen LogP contribution in [0.5, 0.6) is 0 Å². The molecule has 0 saturated carbocycles. The average Bonchev–Trinajstić information content (AvgIpc) is 3.03. The summed E-state index contributed by atoms with van der Waals surface area (Å²) in [6.07, 6.45) is 6.39. The molecule has 3 aromatic heterocycles. The molecule has 3 aromatic rings. The third-order valence-corrected chi connectivity index (χ3v) is 3.47. The molecule has 0 aromatic carbocycles. The zero-order valence-electron chi connectivity index (χ0n) is 12.1. The summed E-state index contributed by atoms with van der Waals surface area (Å²) in [6, 6.07) is 6.96. The molecule has 0 N–H and O–H groups in total. The summed E-state index contributed by atoms with van der Waals surface area (Å²) in [6.45, 7) is 0.442. The van der Waals surface area contributed by atoms with Gasteiger partial charge in [-0.25, -0.2) is 0 Å². The van der Waals surface area contributed by atoms with Gasteiger partial charge in [-0.3, -0.25) is 14.6 Å². The van der Waals surface area contributed by atoms with Crippen LogP contribution >= 0.6 is 0 Å². The lowest BCUT2D eigenvalue weighted by Gasteiger charge is -2.17. The number of hydrogen-bond acceptors (Lipinski definition) is 4. The van der Waals surface area contributed by atoms with E-state index in [0.29, 0.717) is 17.4 Å². The number of pyridine rings is 2. The normalized spacial score (nSPS) is 10.8. The van der Waals surface area contributed by atoms with E-state index in [-0.39, 0.29) is 18.0 Å². The lowest BCUT2D eigenvalue weighted by molar-refractivity contribution is -0.131. The van der Waals surface area contributed by atoms with Crippen molar-refractivity contribution in [2.75, 3.05) is 7.05 Å². The van der Waals surface area contributed by atoms with Crippen molar-refractivity contribution in [3.63, 3.8) is 0 Å². The van der Waals surface area contributed by atoms with E-state index < -0.39 is 0 Å². The summed E-state index contributed by atoms with van der Waals surface area (Å²) in [5.74, 6) is -0.147. The monoisotopic (exact) mass is 297 g/mol. The lowest BCUT2D eigenvalue weighted by Crippen LogP contribution is -2.33. The average molecular weight is 297 g/mol. The molecule has 0 radical (unpaired) electrons. The highest BCUT2D eigenvalue weighted by atomic mass is 16.3. The molecule has 0 aliphatic carbocycles. The number of nitrogens with zero attached hydrogens (tertiary/aromatic N) is 3. The van der Waals surface area contributed by atoms with Crippen LogP contribution in [0.25, 0.3) is 10.9 Å². The van der Waals surface area contributed by atoms with Crippen LogP contribution < -0.4 is 5.56 Å². The van der Waals surface area contributed by atoms with Gasteiger partial charge in [-0.1, -0.05) is 0 Å². The van der Waals surface area contributed by atoms with Gasteiger partial charge in [0.1, 0.15) is 6.54 Å². The van der Waals surface area contributed by atoms with Gasteiger partial charge < -0.3 is 13.9 Å². The standard InChI is InChI=1S/C16H15N3O3/c1-18(9-12-5-8-22-11-12)15(20)10-19-7-4-14-13(16(19)21)3-2-6-17-14/h2-8,11H,9-10H2,1H3. The molecule has 22 heavy (non-hydrogen) atoms. The number of carbonyl (C=O) groups is 1. The first-order valence-electron chi connectivity index (χ1n) is 6.84. The highest BCUT2D eigenvalue weighted by molar-refractivity contribution is 5.78. The van der Waals surface area contributed by atoms with Crippen molar-refractivity contribution >= 4 is 16.8 Å². The first-order chi connectivity index (χ1) is 10.6. The smallest absolute Gasteiger partial charge is 0.260 e. The third-order valence-electron chi connectivity index (χ3n) is 3.47. The van der Waals surface area contributed by atoms with Gasteiger partial charge >= 0.3 is 0 Å². The topological polar surface area (TPSA) is 68.3 Å². The molecule has 6 nitrogen and oxygen atoms in total. The van der Waals surface area contributed by atoms with Gasteiger partial charge in [-0.05, 0) is 24.3 Å². The van der Waals surface area contributed by atoms with Gasteiger partial charge in [0.2, 0.25) is 5.91 Å². The number of amides is 1. The van der Waals surface area contributed by atoms with Crippen molar-refractivity contribution in [2.24, 2.45) is 0 Å². The van der Waals surface area contributed by atoms with Gasteiger partial charge in [0.15, 0.2) is 0 Å². The van der Waals surface area contributed by atoms with E-state index in [0.717, 1.165) is 5.56 Å². The Morgan fingerprint density at radius 3 is 3.00 bits per heavy atom.